The number of carbonyl (C=O) groups is 2. The average molecular weight is 733 g/mol. The quantitative estimate of drug-likeness (QED) is 0.139. The van der Waals surface area contributed by atoms with Gasteiger partial charge in [0.25, 0.3) is 0 Å². The molecular formula is C43H68N6O4. The summed E-state index contributed by atoms with van der Waals surface area (Å²) in [6.07, 6.45) is 8.20. The number of aliphatic hydroxyl groups is 1. The van der Waals surface area contributed by atoms with Crippen LogP contribution in [0.15, 0.2) is 54.6 Å². The third kappa shape index (κ3) is 13.3. The van der Waals surface area contributed by atoms with Crippen molar-refractivity contribution in [2.24, 2.45) is 11.8 Å². The Morgan fingerprint density at radius 2 is 1.64 bits per heavy atom. The van der Waals surface area contributed by atoms with Gasteiger partial charge in [0.1, 0.15) is 5.60 Å². The van der Waals surface area contributed by atoms with Crippen LogP contribution in [0, 0.1) is 11.8 Å². The average Bonchev–Trinajstić information content (AvgIpc) is 3.09. The maximum absolute atomic E-state index is 13.7. The standard InChI is InChI=1S/C43H68N6O4/c1-42(2,3)48-40(51)38-25-31-16-10-11-18-33(31)29-49(38)23-21-34(24-30-14-8-7-9-15-30)45-27-35(20-22-44-41(52)53-43(4,5)6)46-28-37-39(50)26-32-17-12-13-19-36(32)47-37/h7-9,12-15,17,19,31,33-35,37-39,45-47,50H,10-11,16,18,20-29H2,1-6H3,(H,44,52)(H,48,51). The largest absolute Gasteiger partial charge is 0.444 e. The smallest absolute Gasteiger partial charge is 0.407 e. The molecule has 2 aliphatic heterocycles. The molecule has 6 N–H and O–H groups in total. The summed E-state index contributed by atoms with van der Waals surface area (Å²) in [5.74, 6) is 1.47. The maximum atomic E-state index is 13.7. The van der Waals surface area contributed by atoms with Gasteiger partial charge < -0.3 is 36.4 Å². The summed E-state index contributed by atoms with van der Waals surface area (Å²) in [5.41, 5.74) is 2.65. The molecule has 0 radical (unpaired) electrons. The number of benzene rings is 2. The van der Waals surface area contributed by atoms with Crippen molar-refractivity contribution in [1.29, 1.82) is 0 Å². The predicted molar refractivity (Wildman–Crippen MR) is 214 cm³/mol. The highest BCUT2D eigenvalue weighted by atomic mass is 16.6. The van der Waals surface area contributed by atoms with Gasteiger partial charge in [0.2, 0.25) is 5.91 Å². The highest BCUT2D eigenvalue weighted by Crippen LogP contribution is 2.39. The number of aliphatic hydroxyl groups excluding tert-OH is 1. The summed E-state index contributed by atoms with van der Waals surface area (Å²) in [6, 6.07) is 18.8. The molecule has 2 heterocycles. The van der Waals surface area contributed by atoms with Gasteiger partial charge in [-0.2, -0.15) is 0 Å². The molecule has 0 aromatic heterocycles. The van der Waals surface area contributed by atoms with Crippen molar-refractivity contribution >= 4 is 17.7 Å². The fraction of sp³-hybridized carbons (Fsp3) is 0.674. The third-order valence-electron chi connectivity index (χ3n) is 11.1. The van der Waals surface area contributed by atoms with Gasteiger partial charge in [-0.05, 0) is 103 Å². The Kier molecular flexibility index (Phi) is 14.6. The molecule has 294 valence electrons. The molecule has 1 saturated heterocycles. The predicted octanol–water partition coefficient (Wildman–Crippen LogP) is 5.64. The van der Waals surface area contributed by atoms with Crippen molar-refractivity contribution in [3.05, 3.63) is 65.7 Å². The molecule has 10 nitrogen and oxygen atoms in total. The van der Waals surface area contributed by atoms with Crippen molar-refractivity contribution < 1.29 is 19.4 Å². The third-order valence-corrected chi connectivity index (χ3v) is 11.1. The van der Waals surface area contributed by atoms with E-state index in [4.69, 9.17) is 4.74 Å². The van der Waals surface area contributed by atoms with E-state index < -0.39 is 17.8 Å². The first-order chi connectivity index (χ1) is 25.2. The van der Waals surface area contributed by atoms with Crippen molar-refractivity contribution in [3.63, 3.8) is 0 Å². The Hall–Kier alpha value is -3.18. The molecular weight excluding hydrogens is 665 g/mol. The van der Waals surface area contributed by atoms with E-state index in [9.17, 15) is 14.7 Å². The number of ether oxygens (including phenoxy) is 1. The van der Waals surface area contributed by atoms with Gasteiger partial charge in [0, 0.05) is 62.5 Å². The molecule has 1 aliphatic carbocycles. The van der Waals surface area contributed by atoms with Crippen molar-refractivity contribution in [2.45, 2.75) is 141 Å². The first kappa shape index (κ1) is 41.0. The molecule has 7 unspecified atom stereocenters. The number of piperidine rings is 1. The van der Waals surface area contributed by atoms with E-state index in [1.165, 1.54) is 31.2 Å². The van der Waals surface area contributed by atoms with Crippen LogP contribution in [0.3, 0.4) is 0 Å². The molecule has 2 aromatic rings. The van der Waals surface area contributed by atoms with Crippen LogP contribution in [0.1, 0.15) is 97.6 Å². The summed E-state index contributed by atoms with van der Waals surface area (Å²) in [5, 5.41) is 28.5. The lowest BCUT2D eigenvalue weighted by Crippen LogP contribution is -2.58. The lowest BCUT2D eigenvalue weighted by Gasteiger charge is -2.46. The second kappa shape index (κ2) is 18.9. The van der Waals surface area contributed by atoms with Gasteiger partial charge in [-0.3, -0.25) is 9.69 Å². The lowest BCUT2D eigenvalue weighted by molar-refractivity contribution is -0.131. The molecule has 2 amide bonds. The van der Waals surface area contributed by atoms with Crippen molar-refractivity contribution in [2.75, 3.05) is 38.0 Å². The Labute approximate surface area is 319 Å². The van der Waals surface area contributed by atoms with E-state index in [1.54, 1.807) is 0 Å². The molecule has 53 heavy (non-hydrogen) atoms. The molecule has 0 bridgehead atoms. The minimum atomic E-state index is -0.564. The Morgan fingerprint density at radius 3 is 2.38 bits per heavy atom. The van der Waals surface area contributed by atoms with Gasteiger partial charge in [0.15, 0.2) is 0 Å². The number of nitrogens with one attached hydrogen (secondary N) is 5. The van der Waals surface area contributed by atoms with E-state index in [-0.39, 0.29) is 35.6 Å². The number of para-hydroxylation sites is 1. The summed E-state index contributed by atoms with van der Waals surface area (Å²) < 4.78 is 5.50. The number of hydrogen-bond acceptors (Lipinski definition) is 8. The van der Waals surface area contributed by atoms with Gasteiger partial charge in [-0.1, -0.05) is 67.8 Å². The molecule has 2 fully saturated rings. The zero-order chi connectivity index (χ0) is 38.0. The zero-order valence-corrected chi connectivity index (χ0v) is 33.3. The summed E-state index contributed by atoms with van der Waals surface area (Å²) in [7, 11) is 0. The molecule has 0 spiro atoms. The zero-order valence-electron chi connectivity index (χ0n) is 33.3. The number of rotatable bonds is 15. The van der Waals surface area contributed by atoms with Crippen LogP contribution in [-0.2, 0) is 22.4 Å². The first-order valence-corrected chi connectivity index (χ1v) is 20.3. The Balaban J connectivity index is 1.26. The number of likely N-dealkylation sites (tertiary alicyclic amines) is 1. The van der Waals surface area contributed by atoms with Crippen LogP contribution in [0.2, 0.25) is 0 Å². The fourth-order valence-corrected chi connectivity index (χ4v) is 8.40. The van der Waals surface area contributed by atoms with E-state index >= 15 is 0 Å². The Morgan fingerprint density at radius 1 is 0.925 bits per heavy atom. The van der Waals surface area contributed by atoms with E-state index in [0.717, 1.165) is 43.6 Å². The molecule has 7 atom stereocenters. The highest BCUT2D eigenvalue weighted by molar-refractivity contribution is 5.82. The van der Waals surface area contributed by atoms with Crippen LogP contribution >= 0.6 is 0 Å². The molecule has 1 saturated carbocycles. The lowest BCUT2D eigenvalue weighted by atomic mass is 9.72. The Bertz CT molecular complexity index is 1440. The fourth-order valence-electron chi connectivity index (χ4n) is 8.40. The van der Waals surface area contributed by atoms with Gasteiger partial charge in [0.05, 0.1) is 18.2 Å². The van der Waals surface area contributed by atoms with Crippen LogP contribution in [0.25, 0.3) is 0 Å². The van der Waals surface area contributed by atoms with Gasteiger partial charge in [-0.25, -0.2) is 4.79 Å². The van der Waals surface area contributed by atoms with Crippen LogP contribution in [0.5, 0.6) is 0 Å². The van der Waals surface area contributed by atoms with Crippen molar-refractivity contribution in [3.8, 4) is 0 Å². The number of anilines is 1. The van der Waals surface area contributed by atoms with Crippen LogP contribution < -0.4 is 26.6 Å². The van der Waals surface area contributed by atoms with Crippen molar-refractivity contribution in [1.82, 2.24) is 26.2 Å². The summed E-state index contributed by atoms with van der Waals surface area (Å²) >= 11 is 0. The molecule has 5 rings (SSSR count). The van der Waals surface area contributed by atoms with E-state index in [1.807, 2.05) is 32.9 Å². The summed E-state index contributed by atoms with van der Waals surface area (Å²) in [6.45, 7) is 15.4. The number of carbonyl (C=O) groups excluding carboxylic acids is 2. The topological polar surface area (TPSA) is 127 Å². The number of alkyl carbamates (subject to hydrolysis) is 1. The molecule has 2 aromatic carbocycles. The second-order valence-corrected chi connectivity index (χ2v) is 17.9. The monoisotopic (exact) mass is 733 g/mol. The SMILES string of the molecule is CC(C)(C)NC(=O)C1CC2CCCCC2CN1CCC(Cc1ccccc1)NCC(CCNC(=O)OC(C)(C)C)NCC1Nc2ccccc2CC1O. The maximum Gasteiger partial charge on any atom is 0.407 e. The van der Waals surface area contributed by atoms with Gasteiger partial charge in [-0.15, -0.1) is 0 Å². The van der Waals surface area contributed by atoms with E-state index in [2.05, 4.69) is 94.7 Å². The number of fused-ring (bicyclic) bond motifs is 2. The normalized spacial score (nSPS) is 24.5. The van der Waals surface area contributed by atoms with Gasteiger partial charge >= 0.3 is 6.09 Å². The molecule has 10 heteroatoms. The number of nitrogens with zero attached hydrogens (tertiary/aromatic N) is 1. The number of hydrogen-bond donors (Lipinski definition) is 6. The highest BCUT2D eigenvalue weighted by Gasteiger charge is 2.40. The first-order valence-electron chi connectivity index (χ1n) is 20.3. The molecule has 3 aliphatic rings. The minimum absolute atomic E-state index is 0.0256. The van der Waals surface area contributed by atoms with Crippen LogP contribution in [-0.4, -0.2) is 96.1 Å². The number of amides is 2. The second-order valence-electron chi connectivity index (χ2n) is 17.9. The summed E-state index contributed by atoms with van der Waals surface area (Å²) in [4.78, 5) is 28.7. The van der Waals surface area contributed by atoms with Crippen LogP contribution in [0.4, 0.5) is 10.5 Å². The minimum Gasteiger partial charge on any atom is -0.444 e. The van der Waals surface area contributed by atoms with E-state index in [0.29, 0.717) is 44.3 Å².